The van der Waals surface area contributed by atoms with Crippen LogP contribution in [0.2, 0.25) is 5.02 Å². The van der Waals surface area contributed by atoms with E-state index in [0.29, 0.717) is 44.7 Å². The summed E-state index contributed by atoms with van der Waals surface area (Å²) in [5.41, 5.74) is 9.18. The Hall–Kier alpha value is -4.83. The van der Waals surface area contributed by atoms with E-state index in [1.165, 1.54) is 12.1 Å². The van der Waals surface area contributed by atoms with E-state index < -0.39 is 11.4 Å². The van der Waals surface area contributed by atoms with Gasteiger partial charge in [-0.3, -0.25) is 14.3 Å². The zero-order valence-electron chi connectivity index (χ0n) is 21.9. The molecule has 0 fully saturated rings. The van der Waals surface area contributed by atoms with Gasteiger partial charge in [0.15, 0.2) is 5.82 Å². The molecule has 0 spiro atoms. The van der Waals surface area contributed by atoms with Gasteiger partial charge in [0.05, 0.1) is 17.6 Å². The number of amides is 1. The topological polar surface area (TPSA) is 136 Å². The lowest BCUT2D eigenvalue weighted by atomic mass is 9.77. The molecular formula is C30H24ClFN6O3. The van der Waals surface area contributed by atoms with Crippen LogP contribution in [0.1, 0.15) is 35.6 Å². The molecule has 0 saturated heterocycles. The molecule has 0 aliphatic carbocycles. The Kier molecular flexibility index (Phi) is 6.42. The number of nitrogens with one attached hydrogen (secondary N) is 1. The van der Waals surface area contributed by atoms with E-state index in [1.54, 1.807) is 48.0 Å². The molecule has 0 saturated carbocycles. The maximum atomic E-state index is 13.8. The number of carboxylic acid groups (broad SMARTS) is 1. The third-order valence-electron chi connectivity index (χ3n) is 7.43. The molecule has 2 aromatic heterocycles. The molecule has 0 bridgehead atoms. The van der Waals surface area contributed by atoms with Gasteiger partial charge in [0, 0.05) is 16.8 Å². The first-order valence-corrected chi connectivity index (χ1v) is 13.2. The molecule has 6 rings (SSSR count). The summed E-state index contributed by atoms with van der Waals surface area (Å²) in [7, 11) is 0. The number of nitrogens with zero attached hydrogens (tertiary/aromatic N) is 4. The van der Waals surface area contributed by atoms with Gasteiger partial charge in [0.2, 0.25) is 5.91 Å². The number of hydrogen-bond donors (Lipinski definition) is 3. The summed E-state index contributed by atoms with van der Waals surface area (Å²) >= 11 is 6.30. The van der Waals surface area contributed by atoms with Gasteiger partial charge in [-0.15, -0.1) is 0 Å². The van der Waals surface area contributed by atoms with Crippen molar-refractivity contribution in [1.82, 2.24) is 19.7 Å². The minimum atomic E-state index is -1.16. The van der Waals surface area contributed by atoms with Crippen molar-refractivity contribution in [3.05, 3.63) is 99.8 Å². The van der Waals surface area contributed by atoms with E-state index in [1.807, 2.05) is 18.2 Å². The fourth-order valence-corrected chi connectivity index (χ4v) is 5.45. The summed E-state index contributed by atoms with van der Waals surface area (Å²) in [6.45, 7) is 2.04. The maximum absolute atomic E-state index is 13.8. The van der Waals surface area contributed by atoms with Crippen LogP contribution in [0.5, 0.6) is 0 Å². The van der Waals surface area contributed by atoms with Crippen LogP contribution in [0.3, 0.4) is 0 Å². The van der Waals surface area contributed by atoms with Crippen molar-refractivity contribution in [2.75, 3.05) is 11.1 Å². The van der Waals surface area contributed by atoms with Gasteiger partial charge in [-0.2, -0.15) is 5.10 Å². The molecule has 9 nitrogen and oxygen atoms in total. The molecule has 0 radical (unpaired) electrons. The molecule has 1 aliphatic rings. The van der Waals surface area contributed by atoms with Crippen LogP contribution in [-0.4, -0.2) is 36.7 Å². The number of benzene rings is 3. The van der Waals surface area contributed by atoms with Crippen molar-refractivity contribution in [2.45, 2.75) is 31.7 Å². The smallest absolute Gasteiger partial charge is 0.303 e. The average molecular weight is 571 g/mol. The van der Waals surface area contributed by atoms with Gasteiger partial charge in [-0.25, -0.2) is 14.4 Å². The molecule has 4 N–H and O–H groups in total. The number of aryl methyl sites for hydroxylation is 1. The molecule has 1 aliphatic heterocycles. The van der Waals surface area contributed by atoms with Crippen molar-refractivity contribution in [2.24, 2.45) is 0 Å². The number of anilines is 2. The summed E-state index contributed by atoms with van der Waals surface area (Å²) in [5.74, 6) is -0.891. The Morgan fingerprint density at radius 3 is 2.61 bits per heavy atom. The van der Waals surface area contributed by atoms with Crippen LogP contribution in [0, 0.1) is 5.82 Å². The highest BCUT2D eigenvalue weighted by Gasteiger charge is 2.47. The Bertz CT molecular complexity index is 1860. The van der Waals surface area contributed by atoms with Crippen molar-refractivity contribution in [3.63, 3.8) is 0 Å². The summed E-state index contributed by atoms with van der Waals surface area (Å²) in [5, 5.41) is 17.8. The molecule has 5 aromatic rings. The van der Waals surface area contributed by atoms with Crippen molar-refractivity contribution >= 4 is 46.0 Å². The lowest BCUT2D eigenvalue weighted by Crippen LogP contribution is -2.33. The minimum absolute atomic E-state index is 0.0163. The molecule has 41 heavy (non-hydrogen) atoms. The predicted octanol–water partition coefficient (Wildman–Crippen LogP) is 5.19. The minimum Gasteiger partial charge on any atom is -0.481 e. The van der Waals surface area contributed by atoms with Crippen LogP contribution in [-0.2, 0) is 28.0 Å². The normalized spacial score (nSPS) is 16.1. The number of nitrogens with two attached hydrogens (primary N) is 1. The van der Waals surface area contributed by atoms with Gasteiger partial charge in [0.25, 0.3) is 0 Å². The number of rotatable bonds is 7. The molecular weight excluding hydrogens is 547 g/mol. The first-order chi connectivity index (χ1) is 19.6. The Labute approximate surface area is 238 Å². The van der Waals surface area contributed by atoms with Gasteiger partial charge >= 0.3 is 5.97 Å². The van der Waals surface area contributed by atoms with Gasteiger partial charge in [-0.1, -0.05) is 48.0 Å². The van der Waals surface area contributed by atoms with Crippen molar-refractivity contribution < 1.29 is 19.1 Å². The zero-order valence-corrected chi connectivity index (χ0v) is 22.6. The number of hydrogen-bond acceptors (Lipinski definition) is 6. The third kappa shape index (κ3) is 4.66. The van der Waals surface area contributed by atoms with Crippen LogP contribution in [0.15, 0.2) is 66.7 Å². The molecule has 1 atom stereocenters. The maximum Gasteiger partial charge on any atom is 0.303 e. The number of carbonyl (C=O) groups excluding carboxylic acids is 1. The van der Waals surface area contributed by atoms with Crippen LogP contribution in [0.4, 0.5) is 16.0 Å². The number of carbonyl (C=O) groups is 2. The monoisotopic (exact) mass is 570 g/mol. The number of carboxylic acids is 1. The van der Waals surface area contributed by atoms with Crippen LogP contribution < -0.4 is 11.1 Å². The third-order valence-corrected chi connectivity index (χ3v) is 7.66. The van der Waals surface area contributed by atoms with Crippen LogP contribution >= 0.6 is 11.6 Å². The van der Waals surface area contributed by atoms with Crippen molar-refractivity contribution in [1.29, 1.82) is 0 Å². The summed E-state index contributed by atoms with van der Waals surface area (Å²) in [6.07, 6.45) is 0.400. The second-order valence-electron chi connectivity index (χ2n) is 10.1. The number of halogens is 2. The SMILES string of the molecule is C[C@@]1(c2ccc(CCC(=O)O)cc2)C(=O)Nc2nc(-c3nn(Cc4cccc(F)c4)c4cc(Cl)ccc34)nc(N)c21. The van der Waals surface area contributed by atoms with E-state index in [9.17, 15) is 14.0 Å². The Morgan fingerprint density at radius 2 is 1.88 bits per heavy atom. The fourth-order valence-electron chi connectivity index (χ4n) is 5.29. The first kappa shape index (κ1) is 26.4. The van der Waals surface area contributed by atoms with E-state index in [2.05, 4.69) is 15.3 Å². The molecule has 11 heteroatoms. The number of nitrogen functional groups attached to an aromatic ring is 1. The average Bonchev–Trinajstić information content (AvgIpc) is 3.42. The Balaban J connectivity index is 1.41. The largest absolute Gasteiger partial charge is 0.481 e. The highest BCUT2D eigenvalue weighted by molar-refractivity contribution is 6.31. The van der Waals surface area contributed by atoms with E-state index in [0.717, 1.165) is 5.56 Å². The van der Waals surface area contributed by atoms with Gasteiger partial charge < -0.3 is 16.2 Å². The van der Waals surface area contributed by atoms with Crippen LogP contribution in [0.25, 0.3) is 22.4 Å². The first-order valence-electron chi connectivity index (χ1n) is 12.8. The van der Waals surface area contributed by atoms with E-state index in [-0.39, 0.29) is 42.2 Å². The summed E-state index contributed by atoms with van der Waals surface area (Å²) in [6, 6.07) is 18.8. The summed E-state index contributed by atoms with van der Waals surface area (Å²) in [4.78, 5) is 33.5. The molecule has 3 heterocycles. The van der Waals surface area contributed by atoms with E-state index >= 15 is 0 Å². The van der Waals surface area contributed by atoms with Gasteiger partial charge in [-0.05, 0) is 60.4 Å². The quantitative estimate of drug-likeness (QED) is 0.245. The molecule has 0 unspecified atom stereocenters. The second-order valence-corrected chi connectivity index (χ2v) is 10.6. The highest BCUT2D eigenvalue weighted by Crippen LogP contribution is 2.45. The highest BCUT2D eigenvalue weighted by atomic mass is 35.5. The van der Waals surface area contributed by atoms with Gasteiger partial charge in [0.1, 0.15) is 28.6 Å². The lowest BCUT2D eigenvalue weighted by molar-refractivity contribution is -0.137. The second kappa shape index (κ2) is 9.97. The number of fused-ring (bicyclic) bond motifs is 2. The number of aliphatic carboxylic acids is 1. The van der Waals surface area contributed by atoms with E-state index in [4.69, 9.17) is 27.5 Å². The lowest BCUT2D eigenvalue weighted by Gasteiger charge is -2.23. The predicted molar refractivity (Wildman–Crippen MR) is 153 cm³/mol. The molecule has 206 valence electrons. The summed E-state index contributed by atoms with van der Waals surface area (Å²) < 4.78 is 15.6. The fraction of sp³-hybridized carbons (Fsp3) is 0.167. The molecule has 3 aromatic carbocycles. The number of aromatic nitrogens is 4. The Morgan fingerprint density at radius 1 is 1.10 bits per heavy atom. The zero-order chi connectivity index (χ0) is 28.9. The molecule has 1 amide bonds. The van der Waals surface area contributed by atoms with Crippen molar-refractivity contribution in [3.8, 4) is 11.5 Å². The standard InChI is InChI=1S/C30H24ClFN6O3/c1-30(18-8-5-16(6-9-18)7-12-23(39)40)24-26(33)34-28(35-27(24)36-29(30)41)25-21-11-10-19(31)14-22(21)38(37-25)15-17-3-2-4-20(32)13-17/h2-6,8-11,13-14H,7,12,15H2,1H3,(H,39,40)(H3,33,34,35,36,41)/t30-/m0/s1.